The Kier molecular flexibility index (Phi) is 5.99. The molecule has 0 spiro atoms. The highest BCUT2D eigenvalue weighted by atomic mass is 32.2. The van der Waals surface area contributed by atoms with E-state index in [0.717, 1.165) is 16.8 Å². The van der Waals surface area contributed by atoms with Gasteiger partial charge in [-0.15, -0.1) is 10.2 Å². The van der Waals surface area contributed by atoms with Crippen molar-refractivity contribution in [2.45, 2.75) is 31.8 Å². The Hall–Kier alpha value is -2.87. The van der Waals surface area contributed by atoms with Crippen LogP contribution >= 0.6 is 11.8 Å². The first-order valence-corrected chi connectivity index (χ1v) is 9.84. The minimum absolute atomic E-state index is 0.129. The van der Waals surface area contributed by atoms with Gasteiger partial charge in [-0.3, -0.25) is 4.79 Å². The second-order valence-corrected chi connectivity index (χ2v) is 7.66. The number of aryl methyl sites for hydroxylation is 1. The summed E-state index contributed by atoms with van der Waals surface area (Å²) in [6.07, 6.45) is 0. The molecule has 0 saturated heterocycles. The summed E-state index contributed by atoms with van der Waals surface area (Å²) in [6, 6.07) is 11.9. The van der Waals surface area contributed by atoms with Gasteiger partial charge in [0, 0.05) is 11.3 Å². The van der Waals surface area contributed by atoms with Crippen LogP contribution in [0.5, 0.6) is 0 Å². The third kappa shape index (κ3) is 4.33. The molecule has 0 bridgehead atoms. The van der Waals surface area contributed by atoms with Crippen molar-refractivity contribution >= 4 is 23.4 Å². The minimum Gasteiger partial charge on any atom is -0.335 e. The molecule has 8 heteroatoms. The van der Waals surface area contributed by atoms with Crippen LogP contribution in [0.4, 0.5) is 10.1 Å². The monoisotopic (exact) mass is 399 g/mol. The van der Waals surface area contributed by atoms with Crippen molar-refractivity contribution in [3.05, 3.63) is 59.4 Å². The summed E-state index contributed by atoms with van der Waals surface area (Å²) in [5.74, 6) is 6.25. The zero-order valence-electron chi connectivity index (χ0n) is 15.9. The molecular weight excluding hydrogens is 377 g/mol. The number of rotatable bonds is 6. The summed E-state index contributed by atoms with van der Waals surface area (Å²) in [7, 11) is 0. The maximum Gasteiger partial charge on any atom is 0.234 e. The summed E-state index contributed by atoms with van der Waals surface area (Å²) in [4.78, 5) is 12.5. The highest BCUT2D eigenvalue weighted by molar-refractivity contribution is 7.99. The van der Waals surface area contributed by atoms with E-state index in [9.17, 15) is 9.18 Å². The lowest BCUT2D eigenvalue weighted by Crippen LogP contribution is -2.18. The van der Waals surface area contributed by atoms with Crippen LogP contribution in [0.25, 0.3) is 11.4 Å². The predicted octanol–water partition coefficient (Wildman–Crippen LogP) is 3.96. The SMILES string of the molecule is Cc1cccc(C(C)C)c1NC(=O)CSc1nnc(-c2cccc(F)c2)n1N. The van der Waals surface area contributed by atoms with Gasteiger partial charge in [0.25, 0.3) is 0 Å². The third-order valence-corrected chi connectivity index (χ3v) is 5.21. The van der Waals surface area contributed by atoms with Crippen molar-refractivity contribution in [1.82, 2.24) is 14.9 Å². The Labute approximate surface area is 167 Å². The first kappa shape index (κ1) is 19.9. The molecule has 3 aromatic rings. The van der Waals surface area contributed by atoms with E-state index in [1.807, 2.05) is 25.1 Å². The first-order chi connectivity index (χ1) is 13.4. The minimum atomic E-state index is -0.381. The standard InChI is InChI=1S/C20H22FN5OS/c1-12(2)16-9-4-6-13(3)18(16)23-17(27)11-28-20-25-24-19(26(20)22)14-7-5-8-15(21)10-14/h4-10,12H,11,22H2,1-3H3,(H,23,27). The number of nitrogen functional groups attached to an aromatic ring is 1. The zero-order valence-corrected chi connectivity index (χ0v) is 16.8. The number of para-hydroxylation sites is 1. The molecular formula is C20H22FN5OS. The van der Waals surface area contributed by atoms with Crippen LogP contribution in [0.3, 0.4) is 0 Å². The maximum atomic E-state index is 13.4. The summed E-state index contributed by atoms with van der Waals surface area (Å²) >= 11 is 1.17. The molecule has 0 fully saturated rings. The van der Waals surface area contributed by atoms with E-state index in [0.29, 0.717) is 22.5 Å². The van der Waals surface area contributed by atoms with Crippen molar-refractivity contribution in [3.63, 3.8) is 0 Å². The second kappa shape index (κ2) is 8.43. The number of carbonyl (C=O) groups excluding carboxylic acids is 1. The van der Waals surface area contributed by atoms with Gasteiger partial charge in [0.2, 0.25) is 11.1 Å². The number of anilines is 1. The van der Waals surface area contributed by atoms with Crippen LogP contribution in [0.2, 0.25) is 0 Å². The topological polar surface area (TPSA) is 85.8 Å². The van der Waals surface area contributed by atoms with Crippen molar-refractivity contribution < 1.29 is 9.18 Å². The van der Waals surface area contributed by atoms with Gasteiger partial charge in [-0.1, -0.05) is 55.9 Å². The van der Waals surface area contributed by atoms with E-state index in [1.54, 1.807) is 12.1 Å². The Morgan fingerprint density at radius 2 is 2.00 bits per heavy atom. The number of nitrogens with one attached hydrogen (secondary N) is 1. The number of thioether (sulfide) groups is 1. The lowest BCUT2D eigenvalue weighted by Gasteiger charge is -2.16. The molecule has 1 amide bonds. The fourth-order valence-electron chi connectivity index (χ4n) is 2.85. The number of hydrogen-bond acceptors (Lipinski definition) is 5. The van der Waals surface area contributed by atoms with Gasteiger partial charge >= 0.3 is 0 Å². The first-order valence-electron chi connectivity index (χ1n) is 8.85. The van der Waals surface area contributed by atoms with E-state index in [-0.39, 0.29) is 17.5 Å². The van der Waals surface area contributed by atoms with Gasteiger partial charge in [0.1, 0.15) is 5.82 Å². The fraction of sp³-hybridized carbons (Fsp3) is 0.250. The van der Waals surface area contributed by atoms with E-state index in [2.05, 4.69) is 29.4 Å². The molecule has 1 aromatic heterocycles. The smallest absolute Gasteiger partial charge is 0.234 e. The second-order valence-electron chi connectivity index (χ2n) is 6.72. The Morgan fingerprint density at radius 1 is 1.25 bits per heavy atom. The van der Waals surface area contributed by atoms with Gasteiger partial charge in [-0.25, -0.2) is 9.07 Å². The van der Waals surface area contributed by atoms with Crippen molar-refractivity contribution in [1.29, 1.82) is 0 Å². The molecule has 28 heavy (non-hydrogen) atoms. The number of halogens is 1. The molecule has 0 radical (unpaired) electrons. The number of nitrogens with two attached hydrogens (primary N) is 1. The summed E-state index contributed by atoms with van der Waals surface area (Å²) < 4.78 is 14.7. The molecule has 0 saturated carbocycles. The van der Waals surface area contributed by atoms with Crippen LogP contribution in [-0.4, -0.2) is 26.5 Å². The normalized spacial score (nSPS) is 11.0. The van der Waals surface area contributed by atoms with Crippen LogP contribution in [0.1, 0.15) is 30.9 Å². The van der Waals surface area contributed by atoms with Crippen molar-refractivity contribution in [2.24, 2.45) is 0 Å². The van der Waals surface area contributed by atoms with Crippen LogP contribution in [-0.2, 0) is 4.79 Å². The van der Waals surface area contributed by atoms with E-state index < -0.39 is 0 Å². The maximum absolute atomic E-state index is 13.4. The molecule has 1 heterocycles. The molecule has 0 aliphatic carbocycles. The Bertz CT molecular complexity index is 1000. The quantitative estimate of drug-likeness (QED) is 0.484. The fourth-order valence-corrected chi connectivity index (χ4v) is 3.50. The summed E-state index contributed by atoms with van der Waals surface area (Å²) in [5, 5.41) is 11.4. The largest absolute Gasteiger partial charge is 0.335 e. The molecule has 2 aromatic carbocycles. The van der Waals surface area contributed by atoms with Gasteiger partial charge in [-0.2, -0.15) is 0 Å². The number of carbonyl (C=O) groups is 1. The Morgan fingerprint density at radius 3 is 2.71 bits per heavy atom. The van der Waals surface area contributed by atoms with Gasteiger partial charge in [-0.05, 0) is 36.1 Å². The molecule has 3 rings (SSSR count). The molecule has 0 aliphatic heterocycles. The number of nitrogens with zero attached hydrogens (tertiary/aromatic N) is 3. The van der Waals surface area contributed by atoms with E-state index in [1.165, 1.54) is 28.6 Å². The molecule has 3 N–H and O–H groups in total. The van der Waals surface area contributed by atoms with E-state index in [4.69, 9.17) is 5.84 Å². The van der Waals surface area contributed by atoms with E-state index >= 15 is 0 Å². The lowest BCUT2D eigenvalue weighted by molar-refractivity contribution is -0.113. The molecule has 6 nitrogen and oxygen atoms in total. The van der Waals surface area contributed by atoms with Gasteiger partial charge in [0.05, 0.1) is 5.75 Å². The summed E-state index contributed by atoms with van der Waals surface area (Å²) in [5.41, 5.74) is 3.47. The molecule has 0 unspecified atom stereocenters. The number of benzene rings is 2. The zero-order chi connectivity index (χ0) is 20.3. The van der Waals surface area contributed by atoms with Gasteiger partial charge in [0.15, 0.2) is 5.82 Å². The number of amides is 1. The third-order valence-electron chi connectivity index (χ3n) is 4.27. The molecule has 0 atom stereocenters. The average Bonchev–Trinajstić information content (AvgIpc) is 3.02. The van der Waals surface area contributed by atoms with Crippen molar-refractivity contribution in [3.8, 4) is 11.4 Å². The predicted molar refractivity (Wildman–Crippen MR) is 110 cm³/mol. The molecule has 0 aliphatic rings. The average molecular weight is 399 g/mol. The van der Waals surface area contributed by atoms with Gasteiger partial charge < -0.3 is 11.2 Å². The molecule has 146 valence electrons. The Balaban J connectivity index is 1.70. The van der Waals surface area contributed by atoms with Crippen LogP contribution < -0.4 is 11.2 Å². The summed E-state index contributed by atoms with van der Waals surface area (Å²) in [6.45, 7) is 6.14. The highest BCUT2D eigenvalue weighted by Gasteiger charge is 2.16. The number of aromatic nitrogens is 3. The lowest BCUT2D eigenvalue weighted by atomic mass is 9.98. The van der Waals surface area contributed by atoms with Crippen molar-refractivity contribution in [2.75, 3.05) is 16.9 Å². The highest BCUT2D eigenvalue weighted by Crippen LogP contribution is 2.28. The number of hydrogen-bond donors (Lipinski definition) is 2. The van der Waals surface area contributed by atoms with Crippen LogP contribution in [0, 0.1) is 12.7 Å². The van der Waals surface area contributed by atoms with Crippen LogP contribution in [0.15, 0.2) is 47.6 Å².